The lowest BCUT2D eigenvalue weighted by Crippen LogP contribution is -2.21. The van der Waals surface area contributed by atoms with Crippen molar-refractivity contribution in [1.29, 1.82) is 0 Å². The largest absolute Gasteiger partial charge is 0.497 e. The van der Waals surface area contributed by atoms with E-state index in [1.165, 1.54) is 13.2 Å². The molecule has 0 radical (unpaired) electrons. The molecule has 2 aliphatic rings. The lowest BCUT2D eigenvalue weighted by atomic mass is 9.91. The van der Waals surface area contributed by atoms with E-state index in [1.807, 2.05) is 12.1 Å². The third-order valence-electron chi connectivity index (χ3n) is 6.71. The first-order valence-corrected chi connectivity index (χ1v) is 10.8. The summed E-state index contributed by atoms with van der Waals surface area (Å²) in [4.78, 5) is 21.4. The minimum atomic E-state index is -0.786. The summed E-state index contributed by atoms with van der Waals surface area (Å²) in [5.74, 6) is 1.72. The van der Waals surface area contributed by atoms with Crippen molar-refractivity contribution in [2.24, 2.45) is 0 Å². The monoisotopic (exact) mass is 460 g/mol. The van der Waals surface area contributed by atoms with E-state index in [9.17, 15) is 4.79 Å². The first-order chi connectivity index (χ1) is 16.4. The number of methoxy groups -OCH3 is 2. The lowest BCUT2D eigenvalue weighted by molar-refractivity contribution is -0.118. The molecule has 1 aliphatic carbocycles. The summed E-state index contributed by atoms with van der Waals surface area (Å²) >= 11 is 0. The number of aromatic nitrogens is 4. The second-order valence-corrected chi connectivity index (χ2v) is 8.54. The number of anilines is 3. The number of rotatable bonds is 5. The average molecular weight is 460 g/mol. The number of halogens is 1. The van der Waals surface area contributed by atoms with Gasteiger partial charge in [-0.15, -0.1) is 0 Å². The van der Waals surface area contributed by atoms with E-state index in [-0.39, 0.29) is 11.8 Å². The second-order valence-electron chi connectivity index (χ2n) is 8.54. The zero-order chi connectivity index (χ0) is 23.6. The number of aromatic amines is 1. The molecule has 1 spiro atoms. The first-order valence-electron chi connectivity index (χ1n) is 10.8. The molecule has 172 valence electrons. The number of hydrogen-bond donors (Lipinski definition) is 3. The summed E-state index contributed by atoms with van der Waals surface area (Å²) in [5.41, 5.74) is 1.93. The number of hydrogen-bond acceptors (Lipinski definition) is 7. The van der Waals surface area contributed by atoms with Gasteiger partial charge in [0, 0.05) is 17.0 Å². The Morgan fingerprint density at radius 2 is 2.03 bits per heavy atom. The van der Waals surface area contributed by atoms with E-state index in [0.717, 1.165) is 11.3 Å². The number of H-pyrrole nitrogens is 1. The minimum Gasteiger partial charge on any atom is -0.497 e. The van der Waals surface area contributed by atoms with Crippen LogP contribution in [0.15, 0.2) is 36.5 Å². The molecule has 1 aliphatic heterocycles. The maximum absolute atomic E-state index is 15.4. The quantitative estimate of drug-likeness (QED) is 0.413. The van der Waals surface area contributed by atoms with Gasteiger partial charge in [0.15, 0.2) is 17.4 Å². The van der Waals surface area contributed by atoms with Gasteiger partial charge in [0.2, 0.25) is 5.91 Å². The van der Waals surface area contributed by atoms with Crippen LogP contribution in [-0.4, -0.2) is 40.3 Å². The van der Waals surface area contributed by atoms with Crippen molar-refractivity contribution in [3.8, 4) is 11.5 Å². The zero-order valence-electron chi connectivity index (χ0n) is 18.7. The van der Waals surface area contributed by atoms with Gasteiger partial charge in [-0.3, -0.25) is 9.89 Å². The van der Waals surface area contributed by atoms with Crippen molar-refractivity contribution in [3.63, 3.8) is 0 Å². The summed E-state index contributed by atoms with van der Waals surface area (Å²) in [6.45, 7) is 1.76. The van der Waals surface area contributed by atoms with Crippen LogP contribution in [0.2, 0.25) is 0 Å². The molecule has 1 amide bonds. The van der Waals surface area contributed by atoms with Gasteiger partial charge in [0.25, 0.3) is 0 Å². The van der Waals surface area contributed by atoms with Crippen molar-refractivity contribution >= 4 is 34.1 Å². The van der Waals surface area contributed by atoms with Crippen molar-refractivity contribution in [2.75, 3.05) is 24.9 Å². The standard InChI is InChI=1S/C24H21FN6O3/c1-11-26-10-20(34-3)22(27-11)29-21-14-7-17(25)13(8-19(14)30-31-21)16-9-24(16)15-6-12(33-2)4-5-18(15)28-23(24)32/h4-8,10,16H,9H2,1-3H3,(H,28,32)(H2,26,27,29,30,31)/t16-,24-/m0/s1. The van der Waals surface area contributed by atoms with Gasteiger partial charge in [-0.25, -0.2) is 14.4 Å². The van der Waals surface area contributed by atoms with Gasteiger partial charge in [0.1, 0.15) is 17.4 Å². The highest BCUT2D eigenvalue weighted by atomic mass is 19.1. The van der Waals surface area contributed by atoms with Crippen molar-refractivity contribution in [1.82, 2.24) is 20.2 Å². The van der Waals surface area contributed by atoms with E-state index >= 15 is 4.39 Å². The van der Waals surface area contributed by atoms with Gasteiger partial charge in [-0.05, 0) is 54.8 Å². The number of ether oxygens (including phenoxy) is 2. The molecule has 6 rings (SSSR count). The fourth-order valence-electron chi connectivity index (χ4n) is 4.90. The SMILES string of the molecule is COc1ccc2c(c1)[C@]1(C[C@H]1c1cc3[nH]nc(Nc4nc(C)ncc4OC)c3cc1F)C(=O)N2. The third-order valence-corrected chi connectivity index (χ3v) is 6.71. The number of nitrogens with zero attached hydrogens (tertiary/aromatic N) is 3. The normalized spacial score (nSPS) is 20.4. The van der Waals surface area contributed by atoms with E-state index < -0.39 is 11.2 Å². The number of carbonyl (C=O) groups excluding carboxylic acids is 1. The number of fused-ring (bicyclic) bond motifs is 3. The van der Waals surface area contributed by atoms with E-state index in [4.69, 9.17) is 9.47 Å². The van der Waals surface area contributed by atoms with Crippen LogP contribution in [0.5, 0.6) is 11.5 Å². The van der Waals surface area contributed by atoms with Crippen LogP contribution < -0.4 is 20.1 Å². The molecule has 2 aromatic carbocycles. The molecular formula is C24H21FN6O3. The molecule has 2 aromatic heterocycles. The molecule has 34 heavy (non-hydrogen) atoms. The molecule has 1 saturated carbocycles. The molecule has 4 aromatic rings. The van der Waals surface area contributed by atoms with Crippen LogP contribution >= 0.6 is 0 Å². The van der Waals surface area contributed by atoms with Gasteiger partial charge >= 0.3 is 0 Å². The average Bonchev–Trinajstić information content (AvgIpc) is 3.38. The zero-order valence-corrected chi connectivity index (χ0v) is 18.7. The van der Waals surface area contributed by atoms with E-state index in [2.05, 4.69) is 30.8 Å². The maximum atomic E-state index is 15.4. The Bertz CT molecular complexity index is 1490. The van der Waals surface area contributed by atoms with E-state index in [1.54, 1.807) is 32.4 Å². The summed E-state index contributed by atoms with van der Waals surface area (Å²) in [5, 5.41) is 13.9. The van der Waals surface area contributed by atoms with Crippen molar-refractivity contribution in [2.45, 2.75) is 24.7 Å². The van der Waals surface area contributed by atoms with Gasteiger partial charge in [0.05, 0.1) is 31.3 Å². The van der Waals surface area contributed by atoms with Crippen LogP contribution in [0, 0.1) is 12.7 Å². The lowest BCUT2D eigenvalue weighted by Gasteiger charge is -2.11. The highest BCUT2D eigenvalue weighted by Crippen LogP contribution is 2.65. The predicted octanol–water partition coefficient (Wildman–Crippen LogP) is 3.94. The molecule has 1 fully saturated rings. The first kappa shape index (κ1) is 20.4. The van der Waals surface area contributed by atoms with E-state index in [0.29, 0.717) is 51.8 Å². The highest BCUT2D eigenvalue weighted by Gasteiger charge is 2.65. The van der Waals surface area contributed by atoms with Crippen molar-refractivity contribution < 1.29 is 18.7 Å². The molecule has 9 nitrogen and oxygen atoms in total. The van der Waals surface area contributed by atoms with Crippen LogP contribution in [0.25, 0.3) is 10.9 Å². The minimum absolute atomic E-state index is 0.113. The Labute approximate surface area is 193 Å². The molecule has 0 unspecified atom stereocenters. The fourth-order valence-corrected chi connectivity index (χ4v) is 4.90. The molecular weight excluding hydrogens is 439 g/mol. The summed E-state index contributed by atoms with van der Waals surface area (Å²) in [6.07, 6.45) is 2.09. The summed E-state index contributed by atoms with van der Waals surface area (Å²) in [7, 11) is 3.10. The second kappa shape index (κ2) is 7.14. The Balaban J connectivity index is 1.37. The fraction of sp³-hybridized carbons (Fsp3) is 0.250. The molecule has 0 bridgehead atoms. The molecule has 3 heterocycles. The van der Waals surface area contributed by atoms with Crippen LogP contribution in [0.1, 0.15) is 29.3 Å². The van der Waals surface area contributed by atoms with Crippen LogP contribution in [0.3, 0.4) is 0 Å². The van der Waals surface area contributed by atoms with Crippen LogP contribution in [-0.2, 0) is 10.2 Å². The molecule has 10 heteroatoms. The smallest absolute Gasteiger partial charge is 0.235 e. The molecule has 3 N–H and O–H groups in total. The Morgan fingerprint density at radius 3 is 2.82 bits per heavy atom. The number of carbonyl (C=O) groups is 1. The highest BCUT2D eigenvalue weighted by molar-refractivity contribution is 6.10. The van der Waals surface area contributed by atoms with Gasteiger partial charge in [-0.2, -0.15) is 5.10 Å². The third kappa shape index (κ3) is 2.84. The maximum Gasteiger partial charge on any atom is 0.235 e. The number of benzene rings is 2. The molecule has 2 atom stereocenters. The number of amides is 1. The molecule has 0 saturated heterocycles. The summed E-state index contributed by atoms with van der Waals surface area (Å²) in [6, 6.07) is 8.65. The topological polar surface area (TPSA) is 114 Å². The Morgan fingerprint density at radius 1 is 1.18 bits per heavy atom. The Hall–Kier alpha value is -4.21. The van der Waals surface area contributed by atoms with Crippen molar-refractivity contribution in [3.05, 3.63) is 59.3 Å². The van der Waals surface area contributed by atoms with Gasteiger partial charge in [-0.1, -0.05) is 0 Å². The predicted molar refractivity (Wildman–Crippen MR) is 123 cm³/mol. The number of aryl methyl sites for hydroxylation is 1. The number of nitrogens with one attached hydrogen (secondary N) is 3. The summed E-state index contributed by atoms with van der Waals surface area (Å²) < 4.78 is 26.1. The van der Waals surface area contributed by atoms with Crippen LogP contribution in [0.4, 0.5) is 21.7 Å². The van der Waals surface area contributed by atoms with Gasteiger partial charge < -0.3 is 20.1 Å². The Kier molecular flexibility index (Phi) is 4.29.